The number of ether oxygens (including phenoxy) is 1. The van der Waals surface area contributed by atoms with Crippen LogP contribution in [0.15, 0.2) is 78.9 Å². The Morgan fingerprint density at radius 1 is 0.966 bits per heavy atom. The van der Waals surface area contributed by atoms with Crippen LogP contribution in [0.25, 0.3) is 0 Å². The molecule has 4 heteroatoms. The van der Waals surface area contributed by atoms with E-state index in [0.29, 0.717) is 28.5 Å². The van der Waals surface area contributed by atoms with Gasteiger partial charge in [-0.15, -0.1) is 0 Å². The number of halogens is 2. The number of hydrogen-bond acceptors (Lipinski definition) is 2. The van der Waals surface area contributed by atoms with Gasteiger partial charge in [-0.3, -0.25) is 0 Å². The van der Waals surface area contributed by atoms with E-state index in [2.05, 4.69) is 53.9 Å². The Bertz CT molecular complexity index is 1050. The zero-order chi connectivity index (χ0) is 19.8. The van der Waals surface area contributed by atoms with E-state index in [1.165, 1.54) is 11.1 Å². The minimum atomic E-state index is 0.198. The molecule has 0 fully saturated rings. The fourth-order valence-corrected chi connectivity index (χ4v) is 5.03. The van der Waals surface area contributed by atoms with Crippen molar-refractivity contribution in [2.24, 2.45) is 5.92 Å². The van der Waals surface area contributed by atoms with E-state index in [-0.39, 0.29) is 6.04 Å². The minimum absolute atomic E-state index is 0.198. The molecule has 3 unspecified atom stereocenters. The van der Waals surface area contributed by atoms with Crippen molar-refractivity contribution < 1.29 is 4.74 Å². The lowest BCUT2D eigenvalue weighted by Crippen LogP contribution is -2.29. The molecular weight excluding hydrogens is 401 g/mol. The van der Waals surface area contributed by atoms with Gasteiger partial charge in [0.15, 0.2) is 0 Å². The lowest BCUT2D eigenvalue weighted by atomic mass is 9.77. The average molecular weight is 422 g/mol. The zero-order valence-corrected chi connectivity index (χ0v) is 17.3. The number of benzene rings is 3. The highest BCUT2D eigenvalue weighted by atomic mass is 35.5. The second-order valence-electron chi connectivity index (χ2n) is 7.67. The molecule has 2 aliphatic rings. The van der Waals surface area contributed by atoms with Gasteiger partial charge in [-0.2, -0.15) is 0 Å². The van der Waals surface area contributed by atoms with E-state index >= 15 is 0 Å². The second-order valence-corrected chi connectivity index (χ2v) is 8.51. The summed E-state index contributed by atoms with van der Waals surface area (Å²) in [4.78, 5) is 0. The molecule has 5 rings (SSSR count). The zero-order valence-electron chi connectivity index (χ0n) is 15.8. The maximum absolute atomic E-state index is 6.52. The molecule has 3 aromatic rings. The molecule has 0 radical (unpaired) electrons. The van der Waals surface area contributed by atoms with Crippen LogP contribution in [0, 0.1) is 5.92 Å². The molecule has 0 saturated heterocycles. The van der Waals surface area contributed by atoms with E-state index < -0.39 is 0 Å². The van der Waals surface area contributed by atoms with Gasteiger partial charge in [0.2, 0.25) is 0 Å². The van der Waals surface area contributed by atoms with Gasteiger partial charge in [-0.05, 0) is 53.3 Å². The summed E-state index contributed by atoms with van der Waals surface area (Å²) in [5.41, 5.74) is 4.60. The summed E-state index contributed by atoms with van der Waals surface area (Å²) in [5.74, 6) is 1.66. The van der Waals surface area contributed by atoms with E-state index in [9.17, 15) is 0 Å². The third-order valence-electron chi connectivity index (χ3n) is 5.87. The van der Waals surface area contributed by atoms with Crippen molar-refractivity contribution in [3.05, 3.63) is 106 Å². The molecule has 0 bridgehead atoms. The Morgan fingerprint density at radius 2 is 1.76 bits per heavy atom. The van der Waals surface area contributed by atoms with Gasteiger partial charge in [0.05, 0.1) is 16.8 Å². The molecule has 1 heterocycles. The first kappa shape index (κ1) is 18.6. The maximum Gasteiger partial charge on any atom is 0.119 e. The van der Waals surface area contributed by atoms with Crippen molar-refractivity contribution in [3.63, 3.8) is 0 Å². The van der Waals surface area contributed by atoms with Crippen LogP contribution in [0.2, 0.25) is 10.0 Å². The van der Waals surface area contributed by atoms with Gasteiger partial charge in [0.25, 0.3) is 0 Å². The van der Waals surface area contributed by atoms with Crippen molar-refractivity contribution in [2.45, 2.75) is 25.0 Å². The van der Waals surface area contributed by atoms with Gasteiger partial charge in [-0.25, -0.2) is 0 Å². The number of allylic oxidation sites excluding steroid dienone is 2. The van der Waals surface area contributed by atoms with E-state index in [1.54, 1.807) is 0 Å². The van der Waals surface area contributed by atoms with E-state index in [4.69, 9.17) is 27.9 Å². The maximum atomic E-state index is 6.52. The Kier molecular flexibility index (Phi) is 4.99. The fraction of sp³-hybridized carbons (Fsp3) is 0.200. The van der Waals surface area contributed by atoms with Crippen molar-refractivity contribution in [1.29, 1.82) is 0 Å². The molecule has 3 aromatic carbocycles. The van der Waals surface area contributed by atoms with E-state index in [0.717, 1.165) is 23.4 Å². The summed E-state index contributed by atoms with van der Waals surface area (Å²) in [6.07, 6.45) is 5.60. The van der Waals surface area contributed by atoms with Crippen LogP contribution in [-0.4, -0.2) is 0 Å². The monoisotopic (exact) mass is 421 g/mol. The molecular formula is C25H21Cl2NO. The van der Waals surface area contributed by atoms with Crippen LogP contribution in [0.3, 0.4) is 0 Å². The Labute approximate surface area is 181 Å². The summed E-state index contributed by atoms with van der Waals surface area (Å²) in [6, 6.07) is 22.7. The SMILES string of the molecule is Clc1cc(Cl)c2c(c1)C1C=CCC1C(c1ccc(OCc3ccccc3)cc1)N2. The molecule has 29 heavy (non-hydrogen) atoms. The molecule has 146 valence electrons. The highest BCUT2D eigenvalue weighted by molar-refractivity contribution is 6.36. The largest absolute Gasteiger partial charge is 0.489 e. The number of rotatable bonds is 4. The number of nitrogens with one attached hydrogen (secondary N) is 1. The third-order valence-corrected chi connectivity index (χ3v) is 6.39. The summed E-state index contributed by atoms with van der Waals surface area (Å²) < 4.78 is 5.94. The number of hydrogen-bond donors (Lipinski definition) is 1. The van der Waals surface area contributed by atoms with Crippen molar-refractivity contribution >= 4 is 28.9 Å². The van der Waals surface area contributed by atoms with Crippen molar-refractivity contribution in [3.8, 4) is 5.75 Å². The molecule has 1 aliphatic heterocycles. The quantitative estimate of drug-likeness (QED) is 0.443. The fourth-order valence-electron chi connectivity index (χ4n) is 4.46. The average Bonchev–Trinajstić information content (AvgIpc) is 3.23. The molecule has 0 aromatic heterocycles. The lowest BCUT2D eigenvalue weighted by molar-refractivity contribution is 0.306. The molecule has 1 N–H and O–H groups in total. The van der Waals surface area contributed by atoms with Crippen molar-refractivity contribution in [2.75, 3.05) is 5.32 Å². The van der Waals surface area contributed by atoms with Crippen LogP contribution in [0.4, 0.5) is 5.69 Å². The molecule has 3 atom stereocenters. The molecule has 1 aliphatic carbocycles. The first-order valence-corrected chi connectivity index (χ1v) is 10.6. The van der Waals surface area contributed by atoms with Gasteiger partial charge in [-0.1, -0.05) is 77.8 Å². The number of fused-ring (bicyclic) bond motifs is 3. The highest BCUT2D eigenvalue weighted by Crippen LogP contribution is 2.52. The van der Waals surface area contributed by atoms with Crippen LogP contribution < -0.4 is 10.1 Å². The van der Waals surface area contributed by atoms with Crippen LogP contribution in [-0.2, 0) is 6.61 Å². The summed E-state index contributed by atoms with van der Waals surface area (Å²) in [6.45, 7) is 0.570. The Morgan fingerprint density at radius 3 is 2.55 bits per heavy atom. The topological polar surface area (TPSA) is 21.3 Å². The second kappa shape index (κ2) is 7.78. The Balaban J connectivity index is 1.38. The smallest absolute Gasteiger partial charge is 0.119 e. The highest BCUT2D eigenvalue weighted by Gasteiger charge is 2.38. The molecule has 0 amide bonds. The van der Waals surface area contributed by atoms with Gasteiger partial charge in [0, 0.05) is 10.9 Å². The summed E-state index contributed by atoms with van der Waals surface area (Å²) in [5, 5.41) is 5.05. The summed E-state index contributed by atoms with van der Waals surface area (Å²) >= 11 is 12.8. The van der Waals surface area contributed by atoms with Gasteiger partial charge >= 0.3 is 0 Å². The molecule has 0 spiro atoms. The normalized spacial score (nSPS) is 21.9. The van der Waals surface area contributed by atoms with Gasteiger partial charge < -0.3 is 10.1 Å². The first-order chi connectivity index (χ1) is 14.2. The lowest BCUT2D eigenvalue weighted by Gasteiger charge is -2.38. The standard InChI is InChI=1S/C25H21Cl2NO/c26-18-13-22-20-7-4-8-21(20)24(28-25(22)23(27)14-18)17-9-11-19(12-10-17)29-15-16-5-2-1-3-6-16/h1-7,9-14,20-21,24,28H,8,15H2. The van der Waals surface area contributed by atoms with E-state index in [1.807, 2.05) is 30.3 Å². The predicted molar refractivity (Wildman–Crippen MR) is 120 cm³/mol. The predicted octanol–water partition coefficient (Wildman–Crippen LogP) is 7.40. The Hall–Kier alpha value is -2.42. The first-order valence-electron chi connectivity index (χ1n) is 9.88. The minimum Gasteiger partial charge on any atom is -0.489 e. The van der Waals surface area contributed by atoms with Crippen LogP contribution >= 0.6 is 23.2 Å². The number of anilines is 1. The third kappa shape index (κ3) is 3.63. The van der Waals surface area contributed by atoms with Crippen LogP contribution in [0.1, 0.15) is 35.1 Å². The molecule has 2 nitrogen and oxygen atoms in total. The summed E-state index contributed by atoms with van der Waals surface area (Å²) in [7, 11) is 0. The van der Waals surface area contributed by atoms with Gasteiger partial charge in [0.1, 0.15) is 12.4 Å². The molecule has 0 saturated carbocycles. The van der Waals surface area contributed by atoms with Crippen molar-refractivity contribution in [1.82, 2.24) is 0 Å². The van der Waals surface area contributed by atoms with Crippen LogP contribution in [0.5, 0.6) is 5.75 Å².